The number of fused-ring (bicyclic) bond motifs is 1. The van der Waals surface area contributed by atoms with Crippen molar-refractivity contribution in [2.75, 3.05) is 6.61 Å². The highest BCUT2D eigenvalue weighted by Gasteiger charge is 2.50. The first-order valence-electron chi connectivity index (χ1n) is 4.14. The van der Waals surface area contributed by atoms with Gasteiger partial charge in [-0.25, -0.2) is 0 Å². The Morgan fingerprint density at radius 1 is 1.42 bits per heavy atom. The lowest BCUT2D eigenvalue weighted by Gasteiger charge is -2.44. The molecule has 1 heterocycles. The van der Waals surface area contributed by atoms with Crippen LogP contribution in [0, 0.1) is 5.92 Å². The topological polar surface area (TPSA) is 43.4 Å². The summed E-state index contributed by atoms with van der Waals surface area (Å²) in [7, 11) is -4.32. The van der Waals surface area contributed by atoms with Crippen LogP contribution in [0.4, 0.5) is 3.89 Å². The van der Waals surface area contributed by atoms with Crippen molar-refractivity contribution in [2.24, 2.45) is 5.92 Å². The maximum atomic E-state index is 12.5. The van der Waals surface area contributed by atoms with Gasteiger partial charge < -0.3 is 4.74 Å². The summed E-state index contributed by atoms with van der Waals surface area (Å²) in [5.41, 5.74) is 0. The maximum absolute atomic E-state index is 12.5. The van der Waals surface area contributed by atoms with Gasteiger partial charge >= 0.3 is 10.2 Å². The Balaban J connectivity index is 2.06. The van der Waals surface area contributed by atoms with Crippen molar-refractivity contribution in [3.8, 4) is 0 Å². The number of ether oxygens (including phenoxy) is 1. The van der Waals surface area contributed by atoms with Crippen LogP contribution in [0.2, 0.25) is 0 Å². The smallest absolute Gasteiger partial charge is 0.305 e. The molecule has 2 rings (SSSR count). The molecule has 0 bridgehead atoms. The van der Waals surface area contributed by atoms with E-state index in [0.29, 0.717) is 13.0 Å². The fourth-order valence-electron chi connectivity index (χ4n) is 2.06. The van der Waals surface area contributed by atoms with Crippen molar-refractivity contribution >= 4 is 10.2 Å². The van der Waals surface area contributed by atoms with E-state index >= 15 is 0 Å². The molecule has 1 aliphatic heterocycles. The highest BCUT2D eigenvalue weighted by molar-refractivity contribution is 7.87. The van der Waals surface area contributed by atoms with Crippen LogP contribution >= 0.6 is 0 Å². The first kappa shape index (κ1) is 8.44. The average Bonchev–Trinajstić information content (AvgIpc) is 1.88. The van der Waals surface area contributed by atoms with Crippen LogP contribution in [-0.4, -0.2) is 26.4 Å². The van der Waals surface area contributed by atoms with Gasteiger partial charge in [0.2, 0.25) is 0 Å². The fraction of sp³-hybridized carbons (Fsp3) is 1.00. The molecule has 0 spiro atoms. The minimum atomic E-state index is -4.32. The average molecular weight is 194 g/mol. The number of hydrogen-bond acceptors (Lipinski definition) is 3. The summed E-state index contributed by atoms with van der Waals surface area (Å²) in [6, 6.07) is 0. The van der Waals surface area contributed by atoms with Gasteiger partial charge in [-0.1, -0.05) is 0 Å². The fourth-order valence-corrected chi connectivity index (χ4v) is 3.21. The highest BCUT2D eigenvalue weighted by atomic mass is 32.3. The molecule has 3 atom stereocenters. The van der Waals surface area contributed by atoms with Gasteiger partial charge in [-0.05, 0) is 19.3 Å². The second kappa shape index (κ2) is 2.67. The molecule has 0 aromatic carbocycles. The molecule has 0 amide bonds. The van der Waals surface area contributed by atoms with E-state index in [0.717, 1.165) is 12.8 Å². The second-order valence-electron chi connectivity index (χ2n) is 3.47. The predicted octanol–water partition coefficient (Wildman–Crippen LogP) is 0.853. The van der Waals surface area contributed by atoms with Crippen LogP contribution in [-0.2, 0) is 15.0 Å². The summed E-state index contributed by atoms with van der Waals surface area (Å²) in [6.07, 6.45) is 2.00. The van der Waals surface area contributed by atoms with Gasteiger partial charge in [0.05, 0.1) is 11.4 Å². The summed E-state index contributed by atoms with van der Waals surface area (Å²) in [4.78, 5) is 0. The van der Waals surface area contributed by atoms with Crippen molar-refractivity contribution in [2.45, 2.75) is 30.6 Å². The van der Waals surface area contributed by atoms with Crippen molar-refractivity contribution in [1.82, 2.24) is 0 Å². The van der Waals surface area contributed by atoms with Crippen molar-refractivity contribution in [3.63, 3.8) is 0 Å². The minimum Gasteiger partial charge on any atom is -0.378 e. The van der Waals surface area contributed by atoms with Crippen LogP contribution in [0.15, 0.2) is 0 Å². The lowest BCUT2D eigenvalue weighted by Crippen LogP contribution is -2.52. The molecule has 2 fully saturated rings. The Morgan fingerprint density at radius 3 is 2.75 bits per heavy atom. The molecule has 1 unspecified atom stereocenters. The van der Waals surface area contributed by atoms with Gasteiger partial charge in [0.25, 0.3) is 0 Å². The first-order chi connectivity index (χ1) is 5.59. The van der Waals surface area contributed by atoms with E-state index in [9.17, 15) is 12.3 Å². The van der Waals surface area contributed by atoms with Gasteiger partial charge in [-0.15, -0.1) is 3.89 Å². The molecule has 3 nitrogen and oxygen atoms in total. The SMILES string of the molecule is O=S(=O)(F)C1C[C@@H]2OCCC[C@H]12. The zero-order valence-electron chi connectivity index (χ0n) is 6.57. The number of rotatable bonds is 1. The molecule has 0 N–H and O–H groups in total. The zero-order chi connectivity index (χ0) is 8.77. The third-order valence-corrected chi connectivity index (χ3v) is 4.06. The Labute approximate surface area is 71.1 Å². The summed E-state index contributed by atoms with van der Waals surface area (Å²) in [6.45, 7) is 0.695. The zero-order valence-corrected chi connectivity index (χ0v) is 7.39. The van der Waals surface area contributed by atoms with Crippen LogP contribution in [0.3, 0.4) is 0 Å². The molecule has 1 aliphatic carbocycles. The van der Waals surface area contributed by atoms with Gasteiger partial charge in [0, 0.05) is 12.5 Å². The van der Waals surface area contributed by atoms with E-state index in [-0.39, 0.29) is 12.0 Å². The third-order valence-electron chi connectivity index (χ3n) is 2.80. The van der Waals surface area contributed by atoms with Crippen LogP contribution in [0.25, 0.3) is 0 Å². The molecule has 0 radical (unpaired) electrons. The third kappa shape index (κ3) is 1.25. The molecule has 0 aromatic rings. The van der Waals surface area contributed by atoms with E-state index in [4.69, 9.17) is 4.74 Å². The molecule has 0 aromatic heterocycles. The van der Waals surface area contributed by atoms with Crippen molar-refractivity contribution in [1.29, 1.82) is 0 Å². The summed E-state index contributed by atoms with van der Waals surface area (Å²) in [5, 5.41) is -0.775. The quantitative estimate of drug-likeness (QED) is 0.581. The van der Waals surface area contributed by atoms with Gasteiger partial charge in [-0.2, -0.15) is 8.42 Å². The lowest BCUT2D eigenvalue weighted by molar-refractivity contribution is -0.0797. The van der Waals surface area contributed by atoms with E-state index in [1.165, 1.54) is 0 Å². The molecule has 1 saturated carbocycles. The Kier molecular flexibility index (Phi) is 1.88. The largest absolute Gasteiger partial charge is 0.378 e. The summed E-state index contributed by atoms with van der Waals surface area (Å²) >= 11 is 0. The van der Waals surface area contributed by atoms with E-state index in [2.05, 4.69) is 0 Å². The van der Waals surface area contributed by atoms with Crippen molar-refractivity contribution < 1.29 is 17.0 Å². The first-order valence-corrected chi connectivity index (χ1v) is 5.59. The van der Waals surface area contributed by atoms with Gasteiger partial charge in [-0.3, -0.25) is 0 Å². The van der Waals surface area contributed by atoms with Gasteiger partial charge in [0.15, 0.2) is 0 Å². The maximum Gasteiger partial charge on any atom is 0.305 e. The number of hydrogen-bond donors (Lipinski definition) is 0. The molecular weight excluding hydrogens is 183 g/mol. The van der Waals surface area contributed by atoms with E-state index in [1.807, 2.05) is 0 Å². The van der Waals surface area contributed by atoms with Crippen LogP contribution in [0.1, 0.15) is 19.3 Å². The molecule has 2 aliphatic rings. The summed E-state index contributed by atoms with van der Waals surface area (Å²) < 4.78 is 38.9. The Hall–Kier alpha value is -0.160. The van der Waals surface area contributed by atoms with Crippen LogP contribution < -0.4 is 0 Å². The normalized spacial score (nSPS) is 41.6. The lowest BCUT2D eigenvalue weighted by atomic mass is 9.77. The Morgan fingerprint density at radius 2 is 2.17 bits per heavy atom. The van der Waals surface area contributed by atoms with Gasteiger partial charge in [0.1, 0.15) is 0 Å². The Bertz CT molecular complexity index is 274. The monoisotopic (exact) mass is 194 g/mol. The standard InChI is InChI=1S/C7H11FO3S/c8-12(9,10)7-4-6-5(7)2-1-3-11-6/h5-7H,1-4H2/t5-,6-,7?/m0/s1. The molecule has 12 heavy (non-hydrogen) atoms. The van der Waals surface area contributed by atoms with E-state index in [1.54, 1.807) is 0 Å². The van der Waals surface area contributed by atoms with Crippen molar-refractivity contribution in [3.05, 3.63) is 0 Å². The predicted molar refractivity (Wildman–Crippen MR) is 40.9 cm³/mol. The molecule has 70 valence electrons. The van der Waals surface area contributed by atoms with E-state index < -0.39 is 15.5 Å². The number of halogens is 1. The molecule has 5 heteroatoms. The molecular formula is C7H11FO3S. The highest BCUT2D eigenvalue weighted by Crippen LogP contribution is 2.42. The molecule has 1 saturated heterocycles. The van der Waals surface area contributed by atoms with Crippen LogP contribution in [0.5, 0.6) is 0 Å². The second-order valence-corrected chi connectivity index (χ2v) is 5.02. The summed E-state index contributed by atoms with van der Waals surface area (Å²) in [5.74, 6) is -0.0752. The minimum absolute atomic E-state index is 0.00859.